The van der Waals surface area contributed by atoms with E-state index < -0.39 is 16.8 Å². The Bertz CT molecular complexity index is 1440. The van der Waals surface area contributed by atoms with Crippen LogP contribution >= 0.6 is 23.2 Å². The second kappa shape index (κ2) is 19.1. The monoisotopic (exact) mass is 705 g/mol. The van der Waals surface area contributed by atoms with Crippen molar-refractivity contribution in [1.82, 2.24) is 9.80 Å². The van der Waals surface area contributed by atoms with Gasteiger partial charge in [0, 0.05) is 31.1 Å². The second-order valence-corrected chi connectivity index (χ2v) is 14.0. The van der Waals surface area contributed by atoms with Gasteiger partial charge >= 0.3 is 0 Å². The van der Waals surface area contributed by atoms with E-state index in [0.717, 1.165) is 36.3 Å². The van der Waals surface area contributed by atoms with Crippen molar-refractivity contribution in [3.63, 3.8) is 0 Å². The predicted molar refractivity (Wildman–Crippen MR) is 190 cm³/mol. The van der Waals surface area contributed by atoms with Crippen LogP contribution in [-0.2, 0) is 25.3 Å². The van der Waals surface area contributed by atoms with E-state index in [1.54, 1.807) is 36.6 Å². The van der Waals surface area contributed by atoms with Crippen molar-refractivity contribution in [2.45, 2.75) is 63.8 Å². The standard InChI is InChI=1S/C24H26ClFN2O3S.C6H5Cl.C4H9NO.C2H6/c25-18-9-7-17(8-10-18)23-14-31-15-24(29)28(23)22(16-5-6-16)13-27(32(30)19-11-12-19)21-4-2-1-3-20(21)26;7-6-4-2-1-3-5-6;1-4(6)5(2)3;1-2/h1-4,7-10,16,19,22-23H,5-6,11-15H2;1-5H;1-3H3;1-2H3. The number of carbonyl (C=O) groups excluding carboxylic acids is 2. The van der Waals surface area contributed by atoms with Gasteiger partial charge in [0.05, 0.1) is 36.2 Å². The molecule has 1 heterocycles. The highest BCUT2D eigenvalue weighted by Crippen LogP contribution is 2.42. The summed E-state index contributed by atoms with van der Waals surface area (Å²) in [6, 6.07) is 23.0. The lowest BCUT2D eigenvalue weighted by atomic mass is 10.00. The molecule has 0 spiro atoms. The number of halogens is 3. The lowest BCUT2D eigenvalue weighted by Crippen LogP contribution is -2.54. The van der Waals surface area contributed by atoms with E-state index in [9.17, 15) is 18.2 Å². The Morgan fingerprint density at radius 3 is 1.98 bits per heavy atom. The average Bonchev–Trinajstić information content (AvgIpc) is 3.99. The summed E-state index contributed by atoms with van der Waals surface area (Å²) < 4.78 is 35.4. The molecule has 7 nitrogen and oxygen atoms in total. The van der Waals surface area contributed by atoms with Crippen molar-refractivity contribution in [2.24, 2.45) is 5.92 Å². The quantitative estimate of drug-likeness (QED) is 0.239. The molecular formula is C36H46Cl2FN3O4S. The fourth-order valence-corrected chi connectivity index (χ4v) is 6.66. The van der Waals surface area contributed by atoms with Crippen LogP contribution in [0.4, 0.5) is 10.1 Å². The molecule has 3 atom stereocenters. The van der Waals surface area contributed by atoms with Gasteiger partial charge in [0.25, 0.3) is 0 Å². The van der Waals surface area contributed by atoms with Crippen molar-refractivity contribution >= 4 is 51.7 Å². The zero-order chi connectivity index (χ0) is 34.5. The fraction of sp³-hybridized carbons (Fsp3) is 0.444. The van der Waals surface area contributed by atoms with Crippen molar-refractivity contribution in [2.75, 3.05) is 38.2 Å². The van der Waals surface area contributed by atoms with E-state index in [4.69, 9.17) is 27.9 Å². The Morgan fingerprint density at radius 2 is 1.49 bits per heavy atom. The summed E-state index contributed by atoms with van der Waals surface area (Å²) in [5, 5.41) is 1.48. The lowest BCUT2D eigenvalue weighted by Gasteiger charge is -2.43. The highest BCUT2D eigenvalue weighted by atomic mass is 35.5. The van der Waals surface area contributed by atoms with Crippen LogP contribution in [0, 0.1) is 11.7 Å². The minimum absolute atomic E-state index is 0.0265. The highest BCUT2D eigenvalue weighted by Gasteiger charge is 2.45. The molecule has 6 rings (SSSR count). The molecule has 0 N–H and O–H groups in total. The summed E-state index contributed by atoms with van der Waals surface area (Å²) in [5.74, 6) is -0.0790. The zero-order valence-corrected chi connectivity index (χ0v) is 30.1. The third-order valence-corrected chi connectivity index (χ3v) is 10.1. The maximum absolute atomic E-state index is 14.8. The van der Waals surface area contributed by atoms with Gasteiger partial charge in [-0.25, -0.2) is 8.60 Å². The summed E-state index contributed by atoms with van der Waals surface area (Å²) in [6.07, 6.45) is 3.78. The van der Waals surface area contributed by atoms with Crippen LogP contribution in [0.1, 0.15) is 58.1 Å². The Labute approximate surface area is 291 Å². The van der Waals surface area contributed by atoms with Gasteiger partial charge in [-0.2, -0.15) is 0 Å². The molecular weight excluding hydrogens is 660 g/mol. The Morgan fingerprint density at radius 1 is 0.936 bits per heavy atom. The molecule has 1 saturated heterocycles. The molecule has 2 aliphatic carbocycles. The topological polar surface area (TPSA) is 70.2 Å². The van der Waals surface area contributed by atoms with Crippen LogP contribution in [0.2, 0.25) is 10.0 Å². The largest absolute Gasteiger partial charge is 0.369 e. The number of rotatable bonds is 8. The van der Waals surface area contributed by atoms with Gasteiger partial charge in [-0.1, -0.05) is 79.5 Å². The smallest absolute Gasteiger partial charge is 0.249 e. The van der Waals surface area contributed by atoms with E-state index in [0.29, 0.717) is 29.8 Å². The molecule has 11 heteroatoms. The third kappa shape index (κ3) is 11.9. The van der Waals surface area contributed by atoms with Gasteiger partial charge in [0.1, 0.15) is 23.4 Å². The number of morpholine rings is 1. The van der Waals surface area contributed by atoms with E-state index in [1.165, 1.54) is 17.9 Å². The van der Waals surface area contributed by atoms with Gasteiger partial charge in [-0.3, -0.25) is 13.9 Å². The molecule has 3 fully saturated rings. The van der Waals surface area contributed by atoms with E-state index in [2.05, 4.69) is 0 Å². The van der Waals surface area contributed by atoms with Crippen LogP contribution in [0.15, 0.2) is 78.9 Å². The first-order valence-corrected chi connectivity index (χ1v) is 17.9. The molecule has 256 valence electrons. The number of hydrogen-bond donors (Lipinski definition) is 0. The van der Waals surface area contributed by atoms with Gasteiger partial charge in [0.2, 0.25) is 11.8 Å². The normalized spacial score (nSPS) is 18.2. The number of nitrogens with zero attached hydrogens (tertiary/aromatic N) is 3. The molecule has 0 radical (unpaired) electrons. The Hall–Kier alpha value is -2.98. The summed E-state index contributed by atoms with van der Waals surface area (Å²) >= 11 is 11.6. The minimum Gasteiger partial charge on any atom is -0.369 e. The van der Waals surface area contributed by atoms with Crippen LogP contribution in [0.25, 0.3) is 0 Å². The summed E-state index contributed by atoms with van der Waals surface area (Å²) in [7, 11) is 2.11. The van der Waals surface area contributed by atoms with Gasteiger partial charge in [0.15, 0.2) is 0 Å². The van der Waals surface area contributed by atoms with Crippen LogP contribution in [-0.4, -0.2) is 71.0 Å². The van der Waals surface area contributed by atoms with Crippen LogP contribution < -0.4 is 4.31 Å². The van der Waals surface area contributed by atoms with Gasteiger partial charge in [-0.15, -0.1) is 0 Å². The third-order valence-electron chi connectivity index (χ3n) is 7.77. The number of para-hydroxylation sites is 1. The molecule has 0 bridgehead atoms. The number of ether oxygens (including phenoxy) is 1. The highest BCUT2D eigenvalue weighted by molar-refractivity contribution is 7.87. The molecule has 47 heavy (non-hydrogen) atoms. The van der Waals surface area contributed by atoms with Gasteiger partial charge < -0.3 is 14.5 Å². The SMILES string of the molecule is CC.CC(=O)N(C)C.Clc1ccccc1.O=C1COCC(c2ccc(Cl)cc2)N1C(CN(c1ccccc1F)S(=O)C1CC1)C1CC1. The maximum Gasteiger partial charge on any atom is 0.249 e. The Balaban J connectivity index is 0.000000333. The molecule has 3 aromatic carbocycles. The molecule has 2 amide bonds. The van der Waals surface area contributed by atoms with E-state index in [1.807, 2.05) is 73.3 Å². The molecule has 3 unspecified atom stereocenters. The predicted octanol–water partition coefficient (Wildman–Crippen LogP) is 7.95. The van der Waals surface area contributed by atoms with Crippen molar-refractivity contribution in [3.05, 3.63) is 100 Å². The van der Waals surface area contributed by atoms with Crippen LogP contribution in [0.3, 0.4) is 0 Å². The summed E-state index contributed by atoms with van der Waals surface area (Å²) in [5.41, 5.74) is 1.29. The molecule has 3 aromatic rings. The number of benzene rings is 3. The molecule has 2 saturated carbocycles. The number of hydrogen-bond acceptors (Lipinski definition) is 4. The molecule has 3 aliphatic rings. The second-order valence-electron chi connectivity index (χ2n) is 11.5. The van der Waals surface area contributed by atoms with Crippen LogP contribution in [0.5, 0.6) is 0 Å². The molecule has 0 aromatic heterocycles. The Kier molecular flexibility index (Phi) is 15.7. The number of carbonyl (C=O) groups is 2. The number of anilines is 1. The van der Waals surface area contributed by atoms with Crippen molar-refractivity contribution in [3.8, 4) is 0 Å². The van der Waals surface area contributed by atoms with E-state index in [-0.39, 0.29) is 35.8 Å². The fourth-order valence-electron chi connectivity index (χ4n) is 4.85. The van der Waals surface area contributed by atoms with E-state index >= 15 is 0 Å². The van der Waals surface area contributed by atoms with Crippen molar-refractivity contribution < 1.29 is 22.9 Å². The average molecular weight is 707 g/mol. The first-order chi connectivity index (χ1) is 22.6. The lowest BCUT2D eigenvalue weighted by molar-refractivity contribution is -0.152. The summed E-state index contributed by atoms with van der Waals surface area (Å²) in [4.78, 5) is 26.6. The number of amides is 2. The minimum atomic E-state index is -1.34. The first kappa shape index (κ1) is 38.5. The maximum atomic E-state index is 14.8. The first-order valence-electron chi connectivity index (χ1n) is 16.0. The van der Waals surface area contributed by atoms with Gasteiger partial charge in [-0.05, 0) is 73.6 Å². The molecule has 1 aliphatic heterocycles. The van der Waals surface area contributed by atoms with Crippen molar-refractivity contribution in [1.29, 1.82) is 0 Å². The summed E-state index contributed by atoms with van der Waals surface area (Å²) in [6.45, 7) is 6.28. The zero-order valence-electron chi connectivity index (χ0n) is 27.8.